The standard InChI is InChI=1S/C23H29N/c1-4-14-5-7-16-15(11-14)6-8-18-17(16)9-10-22(2)21(18)19-12-20(19)23(22,3)13-24/h4,6,8,11,16-21H,5,7,9-10,12H2,1-3H3/b14-4-/t16-,17?,18+,19?,20?,21?,22-,23-/m0/s1. The van der Waals surface area contributed by atoms with Gasteiger partial charge in [-0.05, 0) is 92.4 Å². The molecule has 1 heteroatoms. The molecule has 1 nitrogen and oxygen atoms in total. The maximum atomic E-state index is 9.98. The average Bonchev–Trinajstić information content (AvgIpc) is 3.36. The van der Waals surface area contributed by atoms with Crippen LogP contribution in [0.1, 0.15) is 52.9 Å². The van der Waals surface area contributed by atoms with Crippen molar-refractivity contribution in [2.75, 3.05) is 0 Å². The summed E-state index contributed by atoms with van der Waals surface area (Å²) in [5.41, 5.74) is 3.27. The van der Waals surface area contributed by atoms with Crippen LogP contribution < -0.4 is 0 Å². The molecule has 0 radical (unpaired) electrons. The Balaban J connectivity index is 1.55. The van der Waals surface area contributed by atoms with Gasteiger partial charge in [-0.1, -0.05) is 36.8 Å². The highest BCUT2D eigenvalue weighted by Crippen LogP contribution is 2.78. The third kappa shape index (κ3) is 1.61. The van der Waals surface area contributed by atoms with Gasteiger partial charge in [0.25, 0.3) is 0 Å². The lowest BCUT2D eigenvalue weighted by atomic mass is 9.48. The first-order valence-electron chi connectivity index (χ1n) is 10.00. The number of nitrogens with zero attached hydrogens (tertiary/aromatic N) is 1. The van der Waals surface area contributed by atoms with Crippen molar-refractivity contribution in [2.45, 2.75) is 52.9 Å². The molecule has 3 saturated carbocycles. The summed E-state index contributed by atoms with van der Waals surface area (Å²) in [5.74, 6) is 4.61. The number of fused-ring (bicyclic) bond motifs is 7. The molecule has 0 heterocycles. The van der Waals surface area contributed by atoms with Gasteiger partial charge >= 0.3 is 0 Å². The van der Waals surface area contributed by atoms with Crippen LogP contribution in [0.2, 0.25) is 0 Å². The summed E-state index contributed by atoms with van der Waals surface area (Å²) in [6.45, 7) is 6.92. The van der Waals surface area contributed by atoms with Crippen molar-refractivity contribution in [3.8, 4) is 6.07 Å². The monoisotopic (exact) mass is 319 g/mol. The van der Waals surface area contributed by atoms with Crippen LogP contribution in [0.25, 0.3) is 0 Å². The first kappa shape index (κ1) is 15.0. The summed E-state index contributed by atoms with van der Waals surface area (Å²) in [6.07, 6.45) is 16.3. The molecule has 3 fully saturated rings. The fraction of sp³-hybridized carbons (Fsp3) is 0.696. The second kappa shape index (κ2) is 4.66. The van der Waals surface area contributed by atoms with Gasteiger partial charge in [-0.15, -0.1) is 0 Å². The molecule has 0 aliphatic heterocycles. The van der Waals surface area contributed by atoms with Crippen LogP contribution in [0.5, 0.6) is 0 Å². The normalized spacial score (nSPS) is 55.8. The van der Waals surface area contributed by atoms with Gasteiger partial charge in [0.1, 0.15) is 0 Å². The van der Waals surface area contributed by atoms with Crippen LogP contribution in [0, 0.1) is 57.7 Å². The van der Waals surface area contributed by atoms with E-state index < -0.39 is 0 Å². The number of nitriles is 1. The van der Waals surface area contributed by atoms with Crippen molar-refractivity contribution in [3.63, 3.8) is 0 Å². The SMILES string of the molecule is C/C=C1\C=C2C=C[C@@H]3C(CC[C@@]4(C)C3C3CC3[C@]4(C)C#N)[C@H]2CC1. The highest BCUT2D eigenvalue weighted by molar-refractivity contribution is 5.40. The van der Waals surface area contributed by atoms with Gasteiger partial charge in [0.15, 0.2) is 0 Å². The second-order valence-electron chi connectivity index (χ2n) is 9.56. The Labute approximate surface area is 146 Å². The molecule has 126 valence electrons. The van der Waals surface area contributed by atoms with Crippen molar-refractivity contribution in [2.24, 2.45) is 46.3 Å². The zero-order valence-electron chi connectivity index (χ0n) is 15.3. The second-order valence-corrected chi connectivity index (χ2v) is 9.56. The zero-order valence-corrected chi connectivity index (χ0v) is 15.3. The van der Waals surface area contributed by atoms with E-state index >= 15 is 0 Å². The topological polar surface area (TPSA) is 23.8 Å². The molecule has 5 aliphatic rings. The molecule has 0 aromatic heterocycles. The van der Waals surface area contributed by atoms with E-state index in [-0.39, 0.29) is 10.8 Å². The van der Waals surface area contributed by atoms with Crippen molar-refractivity contribution in [3.05, 3.63) is 35.5 Å². The summed E-state index contributed by atoms with van der Waals surface area (Å²) in [7, 11) is 0. The van der Waals surface area contributed by atoms with E-state index in [0.29, 0.717) is 5.92 Å². The average molecular weight is 319 g/mol. The van der Waals surface area contributed by atoms with Gasteiger partial charge in [0.2, 0.25) is 0 Å². The van der Waals surface area contributed by atoms with Gasteiger partial charge in [-0.25, -0.2) is 0 Å². The van der Waals surface area contributed by atoms with Gasteiger partial charge < -0.3 is 0 Å². The fourth-order valence-electron chi connectivity index (χ4n) is 7.49. The Morgan fingerprint density at radius 3 is 2.83 bits per heavy atom. The van der Waals surface area contributed by atoms with E-state index in [2.05, 4.69) is 51.1 Å². The Bertz CT molecular complexity index is 719. The van der Waals surface area contributed by atoms with E-state index in [1.165, 1.54) is 37.7 Å². The molecule has 8 atom stereocenters. The molecule has 0 aromatic rings. The number of rotatable bonds is 0. The Kier molecular flexibility index (Phi) is 2.91. The summed E-state index contributed by atoms with van der Waals surface area (Å²) >= 11 is 0. The van der Waals surface area contributed by atoms with Gasteiger partial charge in [-0.2, -0.15) is 5.26 Å². The first-order valence-corrected chi connectivity index (χ1v) is 10.00. The van der Waals surface area contributed by atoms with Crippen molar-refractivity contribution in [1.82, 2.24) is 0 Å². The van der Waals surface area contributed by atoms with Crippen molar-refractivity contribution >= 4 is 0 Å². The first-order chi connectivity index (χ1) is 11.5. The van der Waals surface area contributed by atoms with Crippen LogP contribution in [-0.4, -0.2) is 0 Å². The van der Waals surface area contributed by atoms with Crippen LogP contribution >= 0.6 is 0 Å². The maximum Gasteiger partial charge on any atom is 0.0695 e. The van der Waals surface area contributed by atoms with E-state index in [4.69, 9.17) is 0 Å². The van der Waals surface area contributed by atoms with E-state index in [0.717, 1.165) is 29.6 Å². The lowest BCUT2D eigenvalue weighted by Gasteiger charge is -2.55. The molecule has 5 aliphatic carbocycles. The lowest BCUT2D eigenvalue weighted by molar-refractivity contribution is -0.0285. The molecular formula is C23H29N. The van der Waals surface area contributed by atoms with Gasteiger partial charge in [0.05, 0.1) is 11.5 Å². The summed E-state index contributed by atoms with van der Waals surface area (Å²) in [4.78, 5) is 0. The fourth-order valence-corrected chi connectivity index (χ4v) is 7.49. The summed E-state index contributed by atoms with van der Waals surface area (Å²) in [5, 5.41) is 9.98. The predicted octanol–water partition coefficient (Wildman–Crippen LogP) is 5.67. The quantitative estimate of drug-likeness (QED) is 0.564. The minimum Gasteiger partial charge on any atom is -0.198 e. The van der Waals surface area contributed by atoms with Crippen LogP contribution in [-0.2, 0) is 0 Å². The lowest BCUT2D eigenvalue weighted by Crippen LogP contribution is -2.49. The minimum atomic E-state index is -0.0814. The molecule has 0 spiro atoms. The van der Waals surface area contributed by atoms with Crippen LogP contribution in [0.15, 0.2) is 35.5 Å². The highest BCUT2D eigenvalue weighted by Gasteiger charge is 2.74. The van der Waals surface area contributed by atoms with Gasteiger partial charge in [-0.3, -0.25) is 0 Å². The third-order valence-corrected chi connectivity index (χ3v) is 9.03. The van der Waals surface area contributed by atoms with E-state index in [9.17, 15) is 5.26 Å². The molecule has 0 bridgehead atoms. The number of hydrogen-bond acceptors (Lipinski definition) is 1. The Hall–Kier alpha value is -1.29. The predicted molar refractivity (Wildman–Crippen MR) is 96.8 cm³/mol. The van der Waals surface area contributed by atoms with Gasteiger partial charge in [0, 0.05) is 0 Å². The molecule has 0 aromatic carbocycles. The van der Waals surface area contributed by atoms with Crippen LogP contribution in [0.4, 0.5) is 0 Å². The number of allylic oxidation sites excluding steroid dienone is 6. The molecular weight excluding hydrogens is 290 g/mol. The highest BCUT2D eigenvalue weighted by atomic mass is 14.8. The zero-order chi connectivity index (χ0) is 16.7. The number of hydrogen-bond donors (Lipinski definition) is 0. The molecule has 0 N–H and O–H groups in total. The van der Waals surface area contributed by atoms with E-state index in [1.54, 1.807) is 5.57 Å². The molecule has 5 rings (SSSR count). The molecule has 0 saturated heterocycles. The largest absolute Gasteiger partial charge is 0.198 e. The van der Waals surface area contributed by atoms with E-state index in [1.807, 2.05) is 0 Å². The van der Waals surface area contributed by atoms with Crippen molar-refractivity contribution < 1.29 is 0 Å². The Morgan fingerprint density at radius 2 is 2.08 bits per heavy atom. The molecule has 24 heavy (non-hydrogen) atoms. The van der Waals surface area contributed by atoms with Crippen LogP contribution in [0.3, 0.4) is 0 Å². The van der Waals surface area contributed by atoms with Crippen molar-refractivity contribution in [1.29, 1.82) is 5.26 Å². The molecule has 0 amide bonds. The minimum absolute atomic E-state index is 0.0814. The smallest absolute Gasteiger partial charge is 0.0695 e. The molecule has 4 unspecified atom stereocenters. The third-order valence-electron chi connectivity index (χ3n) is 9.03. The Morgan fingerprint density at radius 1 is 1.25 bits per heavy atom. The summed E-state index contributed by atoms with van der Waals surface area (Å²) in [6, 6.07) is 2.79. The maximum absolute atomic E-state index is 9.98. The summed E-state index contributed by atoms with van der Waals surface area (Å²) < 4.78 is 0.